The van der Waals surface area contributed by atoms with Crippen molar-refractivity contribution in [2.45, 2.75) is 19.4 Å². The van der Waals surface area contributed by atoms with Gasteiger partial charge in [-0.2, -0.15) is 0 Å². The highest BCUT2D eigenvalue weighted by Crippen LogP contribution is 2.27. The lowest BCUT2D eigenvalue weighted by Crippen LogP contribution is -2.21. The van der Waals surface area contributed by atoms with Gasteiger partial charge in [0.05, 0.1) is 6.26 Å². The second-order valence-corrected chi connectivity index (χ2v) is 4.25. The van der Waals surface area contributed by atoms with E-state index in [1.807, 2.05) is 19.1 Å². The molecule has 1 unspecified atom stereocenters. The summed E-state index contributed by atoms with van der Waals surface area (Å²) >= 11 is 0. The Bertz CT molecular complexity index is 494. The highest BCUT2D eigenvalue weighted by Gasteiger charge is 2.10. The molecule has 4 heteroatoms. The summed E-state index contributed by atoms with van der Waals surface area (Å²) in [5, 5.41) is 22.2. The first kappa shape index (κ1) is 12.5. The van der Waals surface area contributed by atoms with Crippen molar-refractivity contribution in [3.63, 3.8) is 0 Å². The average Bonchev–Trinajstić information content (AvgIpc) is 2.81. The van der Waals surface area contributed by atoms with Gasteiger partial charge in [-0.1, -0.05) is 6.07 Å². The van der Waals surface area contributed by atoms with Crippen LogP contribution in [0.15, 0.2) is 41.0 Å². The van der Waals surface area contributed by atoms with Crippen molar-refractivity contribution < 1.29 is 14.6 Å². The molecule has 1 atom stereocenters. The minimum atomic E-state index is 0.0144. The van der Waals surface area contributed by atoms with Gasteiger partial charge in [0, 0.05) is 30.6 Å². The number of rotatable bonds is 5. The van der Waals surface area contributed by atoms with Crippen molar-refractivity contribution in [3.8, 4) is 11.5 Å². The second-order valence-electron chi connectivity index (χ2n) is 4.25. The molecule has 0 aliphatic carbocycles. The Hall–Kier alpha value is -1.94. The first-order chi connectivity index (χ1) is 8.66. The molecule has 18 heavy (non-hydrogen) atoms. The third-order valence-electron chi connectivity index (χ3n) is 2.88. The van der Waals surface area contributed by atoms with E-state index < -0.39 is 0 Å². The summed E-state index contributed by atoms with van der Waals surface area (Å²) in [7, 11) is 0. The fourth-order valence-electron chi connectivity index (χ4n) is 1.87. The predicted molar refractivity (Wildman–Crippen MR) is 68.6 cm³/mol. The van der Waals surface area contributed by atoms with E-state index in [0.29, 0.717) is 0 Å². The number of aromatic hydroxyl groups is 2. The van der Waals surface area contributed by atoms with Crippen molar-refractivity contribution in [1.29, 1.82) is 0 Å². The molecule has 1 aromatic heterocycles. The lowest BCUT2D eigenvalue weighted by atomic mass is 10.1. The molecular weight excluding hydrogens is 230 g/mol. The van der Waals surface area contributed by atoms with Crippen LogP contribution in [0.5, 0.6) is 11.5 Å². The quantitative estimate of drug-likeness (QED) is 0.759. The molecule has 2 rings (SSSR count). The van der Waals surface area contributed by atoms with Crippen LogP contribution in [0.4, 0.5) is 0 Å². The van der Waals surface area contributed by atoms with E-state index >= 15 is 0 Å². The smallest absolute Gasteiger partial charge is 0.124 e. The maximum absolute atomic E-state index is 9.73. The molecule has 0 bridgehead atoms. The zero-order valence-corrected chi connectivity index (χ0v) is 10.3. The highest BCUT2D eigenvalue weighted by molar-refractivity contribution is 5.40. The molecule has 0 radical (unpaired) electrons. The Kier molecular flexibility index (Phi) is 3.89. The number of nitrogens with one attached hydrogen (secondary N) is 1. The molecule has 2 aromatic rings. The summed E-state index contributed by atoms with van der Waals surface area (Å²) < 4.78 is 5.24. The van der Waals surface area contributed by atoms with Gasteiger partial charge in [0.2, 0.25) is 0 Å². The van der Waals surface area contributed by atoms with Crippen LogP contribution in [0.3, 0.4) is 0 Å². The van der Waals surface area contributed by atoms with Crippen LogP contribution in [0.1, 0.15) is 24.3 Å². The number of hydrogen-bond acceptors (Lipinski definition) is 4. The normalized spacial score (nSPS) is 12.5. The van der Waals surface area contributed by atoms with Crippen LogP contribution < -0.4 is 5.32 Å². The molecule has 0 amide bonds. The summed E-state index contributed by atoms with van der Waals surface area (Å²) in [5.74, 6) is 1.11. The number of phenols is 2. The van der Waals surface area contributed by atoms with E-state index in [-0.39, 0.29) is 17.5 Å². The maximum Gasteiger partial charge on any atom is 0.124 e. The van der Waals surface area contributed by atoms with E-state index in [1.54, 1.807) is 18.4 Å². The number of hydrogen-bond donors (Lipinski definition) is 3. The lowest BCUT2D eigenvalue weighted by Gasteiger charge is -2.15. The summed E-state index contributed by atoms with van der Waals surface area (Å²) in [6.45, 7) is 2.73. The van der Waals surface area contributed by atoms with Gasteiger partial charge in [-0.15, -0.1) is 0 Å². The Balaban J connectivity index is 1.89. The van der Waals surface area contributed by atoms with Crippen molar-refractivity contribution in [1.82, 2.24) is 5.32 Å². The second kappa shape index (κ2) is 5.60. The van der Waals surface area contributed by atoms with E-state index in [0.717, 1.165) is 24.3 Å². The summed E-state index contributed by atoms with van der Waals surface area (Å²) in [5.41, 5.74) is 0.771. The third kappa shape index (κ3) is 3.05. The van der Waals surface area contributed by atoms with Crippen LogP contribution in [0.25, 0.3) is 0 Å². The molecule has 96 valence electrons. The van der Waals surface area contributed by atoms with Gasteiger partial charge in [-0.05, 0) is 25.1 Å². The van der Waals surface area contributed by atoms with E-state index in [4.69, 9.17) is 4.42 Å². The minimum Gasteiger partial charge on any atom is -0.508 e. The number of benzene rings is 1. The zero-order valence-electron chi connectivity index (χ0n) is 10.3. The van der Waals surface area contributed by atoms with Crippen molar-refractivity contribution in [2.24, 2.45) is 0 Å². The van der Waals surface area contributed by atoms with Gasteiger partial charge >= 0.3 is 0 Å². The number of furan rings is 1. The fraction of sp³-hybridized carbons (Fsp3) is 0.286. The molecule has 0 spiro atoms. The Labute approximate surface area is 106 Å². The number of phenolic OH excluding ortho intramolecular Hbond substituents is 2. The van der Waals surface area contributed by atoms with Crippen molar-refractivity contribution >= 4 is 0 Å². The largest absolute Gasteiger partial charge is 0.508 e. The predicted octanol–water partition coefficient (Wildman–Crippen LogP) is 2.58. The van der Waals surface area contributed by atoms with Crippen LogP contribution in [0.2, 0.25) is 0 Å². The molecule has 1 aromatic carbocycles. The zero-order chi connectivity index (χ0) is 13.0. The Morgan fingerprint density at radius 2 is 2.11 bits per heavy atom. The van der Waals surface area contributed by atoms with Crippen molar-refractivity contribution in [2.75, 3.05) is 6.54 Å². The molecule has 4 nitrogen and oxygen atoms in total. The summed E-state index contributed by atoms with van der Waals surface area (Å²) in [4.78, 5) is 0. The highest BCUT2D eigenvalue weighted by atomic mass is 16.3. The van der Waals surface area contributed by atoms with Gasteiger partial charge in [-0.3, -0.25) is 0 Å². The van der Waals surface area contributed by atoms with Gasteiger partial charge in [-0.25, -0.2) is 0 Å². The van der Waals surface area contributed by atoms with E-state index in [1.165, 1.54) is 6.07 Å². The van der Waals surface area contributed by atoms with E-state index in [9.17, 15) is 10.2 Å². The van der Waals surface area contributed by atoms with Gasteiger partial charge in [0.15, 0.2) is 0 Å². The SMILES string of the molecule is CC(NCCc1ccco1)c1ccc(O)cc1O. The van der Waals surface area contributed by atoms with Crippen molar-refractivity contribution in [3.05, 3.63) is 47.9 Å². The Morgan fingerprint density at radius 3 is 2.78 bits per heavy atom. The minimum absolute atomic E-state index is 0.0144. The molecule has 0 fully saturated rings. The van der Waals surface area contributed by atoms with Gasteiger partial charge < -0.3 is 19.9 Å². The van der Waals surface area contributed by atoms with Crippen LogP contribution >= 0.6 is 0 Å². The van der Waals surface area contributed by atoms with Crippen LogP contribution in [-0.2, 0) is 6.42 Å². The first-order valence-corrected chi connectivity index (χ1v) is 5.94. The lowest BCUT2D eigenvalue weighted by molar-refractivity contribution is 0.434. The monoisotopic (exact) mass is 247 g/mol. The molecule has 3 N–H and O–H groups in total. The van der Waals surface area contributed by atoms with E-state index in [2.05, 4.69) is 5.32 Å². The first-order valence-electron chi connectivity index (χ1n) is 5.94. The van der Waals surface area contributed by atoms with Gasteiger partial charge in [0.25, 0.3) is 0 Å². The van der Waals surface area contributed by atoms with Gasteiger partial charge in [0.1, 0.15) is 17.3 Å². The molecule has 1 heterocycles. The summed E-state index contributed by atoms with van der Waals surface area (Å²) in [6, 6.07) is 8.45. The molecule has 0 saturated carbocycles. The third-order valence-corrected chi connectivity index (χ3v) is 2.88. The van der Waals surface area contributed by atoms with Crippen LogP contribution in [0, 0.1) is 0 Å². The maximum atomic E-state index is 9.73. The fourth-order valence-corrected chi connectivity index (χ4v) is 1.87. The standard InChI is InChI=1S/C14H17NO3/c1-10(13-5-4-11(16)9-14(13)17)15-7-6-12-3-2-8-18-12/h2-5,8-10,15-17H,6-7H2,1H3. The topological polar surface area (TPSA) is 65.6 Å². The molecule has 0 saturated heterocycles. The molecule has 0 aliphatic heterocycles. The average molecular weight is 247 g/mol. The molecular formula is C14H17NO3. The summed E-state index contributed by atoms with van der Waals surface area (Å²) in [6.07, 6.45) is 2.46. The van der Waals surface area contributed by atoms with Crippen LogP contribution in [-0.4, -0.2) is 16.8 Å². The molecule has 0 aliphatic rings. The Morgan fingerprint density at radius 1 is 1.28 bits per heavy atom.